The molecule has 2 aromatic carbocycles. The average Bonchev–Trinajstić information content (AvgIpc) is 2.67. The van der Waals surface area contributed by atoms with Gasteiger partial charge in [0.05, 0.1) is 12.6 Å². The minimum absolute atomic E-state index is 0.324. The van der Waals surface area contributed by atoms with Crippen LogP contribution in [0.25, 0.3) is 17.0 Å². The summed E-state index contributed by atoms with van der Waals surface area (Å²) in [6.45, 7) is 0. The first-order valence-corrected chi connectivity index (χ1v) is 7.77. The van der Waals surface area contributed by atoms with E-state index in [1.165, 1.54) is 6.21 Å². The molecule has 124 valence electrons. The molecule has 5 nitrogen and oxygen atoms in total. The first-order valence-electron chi connectivity index (χ1n) is 7.77. The van der Waals surface area contributed by atoms with Gasteiger partial charge in [-0.15, -0.1) is 0 Å². The molecule has 5 heteroatoms. The zero-order valence-corrected chi connectivity index (χ0v) is 13.7. The van der Waals surface area contributed by atoms with Crippen molar-refractivity contribution in [3.05, 3.63) is 78.0 Å². The molecular weight excluding hydrogens is 314 g/mol. The third-order valence-corrected chi connectivity index (χ3v) is 3.57. The summed E-state index contributed by atoms with van der Waals surface area (Å²) in [5.74, 6) is 0.421. The lowest BCUT2D eigenvalue weighted by atomic mass is 10.2. The summed E-state index contributed by atoms with van der Waals surface area (Å²) in [6.07, 6.45) is 5.08. The molecule has 0 radical (unpaired) electrons. The number of hydrazone groups is 1. The summed E-state index contributed by atoms with van der Waals surface area (Å²) in [4.78, 5) is 16.4. The average molecular weight is 331 g/mol. The topological polar surface area (TPSA) is 63.6 Å². The van der Waals surface area contributed by atoms with Crippen molar-refractivity contribution in [1.82, 2.24) is 10.4 Å². The van der Waals surface area contributed by atoms with Crippen LogP contribution in [-0.4, -0.2) is 24.2 Å². The fourth-order valence-corrected chi connectivity index (χ4v) is 2.34. The van der Waals surface area contributed by atoms with E-state index in [-0.39, 0.29) is 5.91 Å². The molecule has 1 heterocycles. The van der Waals surface area contributed by atoms with Crippen molar-refractivity contribution in [2.75, 3.05) is 7.11 Å². The number of ether oxygens (including phenoxy) is 1. The minimum Gasteiger partial charge on any atom is -0.496 e. The summed E-state index contributed by atoms with van der Waals surface area (Å²) in [5, 5.41) is 4.89. The van der Waals surface area contributed by atoms with Crippen LogP contribution in [0.4, 0.5) is 0 Å². The van der Waals surface area contributed by atoms with E-state index in [0.29, 0.717) is 5.69 Å². The molecule has 3 rings (SSSR count). The molecule has 25 heavy (non-hydrogen) atoms. The number of rotatable bonds is 5. The number of aromatic nitrogens is 1. The van der Waals surface area contributed by atoms with E-state index in [1.54, 1.807) is 19.3 Å². The Bertz CT molecular complexity index is 948. The van der Waals surface area contributed by atoms with E-state index in [4.69, 9.17) is 4.74 Å². The number of benzene rings is 2. The van der Waals surface area contributed by atoms with Gasteiger partial charge in [0.25, 0.3) is 5.91 Å². The van der Waals surface area contributed by atoms with Gasteiger partial charge in [0.15, 0.2) is 0 Å². The van der Waals surface area contributed by atoms with E-state index < -0.39 is 0 Å². The number of carbonyl (C=O) groups is 1. The lowest BCUT2D eigenvalue weighted by Gasteiger charge is -2.02. The lowest BCUT2D eigenvalue weighted by molar-refractivity contribution is 0.0950. The molecule has 1 amide bonds. The SMILES string of the molecule is COc1ccccc1/C=C/C=N\NC(=O)c1ccc2ccccc2n1. The number of hydrogen-bond donors (Lipinski definition) is 1. The van der Waals surface area contributed by atoms with E-state index in [2.05, 4.69) is 15.5 Å². The second-order valence-electron chi connectivity index (χ2n) is 5.21. The largest absolute Gasteiger partial charge is 0.496 e. The fraction of sp³-hybridized carbons (Fsp3) is 0.0500. The summed E-state index contributed by atoms with van der Waals surface area (Å²) in [7, 11) is 1.62. The van der Waals surface area contributed by atoms with Crippen LogP contribution in [0.3, 0.4) is 0 Å². The predicted octanol–water partition coefficient (Wildman–Crippen LogP) is 3.67. The summed E-state index contributed by atoms with van der Waals surface area (Å²) >= 11 is 0. The van der Waals surface area contributed by atoms with Crippen LogP contribution in [-0.2, 0) is 0 Å². The molecule has 0 fully saturated rings. The van der Waals surface area contributed by atoms with Crippen molar-refractivity contribution in [3.8, 4) is 5.75 Å². The Kier molecular flexibility index (Phi) is 5.16. The lowest BCUT2D eigenvalue weighted by Crippen LogP contribution is -2.18. The summed E-state index contributed by atoms with van der Waals surface area (Å²) in [6, 6.07) is 18.8. The third kappa shape index (κ3) is 4.09. The van der Waals surface area contributed by atoms with Crippen molar-refractivity contribution in [2.24, 2.45) is 5.10 Å². The molecular formula is C20H17N3O2. The van der Waals surface area contributed by atoms with Crippen molar-refractivity contribution in [2.45, 2.75) is 0 Å². The van der Waals surface area contributed by atoms with Crippen LogP contribution in [0, 0.1) is 0 Å². The Morgan fingerprint density at radius 1 is 1.08 bits per heavy atom. The molecule has 1 N–H and O–H groups in total. The highest BCUT2D eigenvalue weighted by atomic mass is 16.5. The highest BCUT2D eigenvalue weighted by Gasteiger charge is 2.06. The number of amides is 1. The molecule has 0 saturated heterocycles. The maximum Gasteiger partial charge on any atom is 0.289 e. The van der Waals surface area contributed by atoms with Crippen molar-refractivity contribution < 1.29 is 9.53 Å². The van der Waals surface area contributed by atoms with Gasteiger partial charge in [-0.25, -0.2) is 10.4 Å². The minimum atomic E-state index is -0.354. The van der Waals surface area contributed by atoms with Crippen LogP contribution in [0.1, 0.15) is 16.1 Å². The van der Waals surface area contributed by atoms with Crippen LogP contribution in [0.2, 0.25) is 0 Å². The van der Waals surface area contributed by atoms with Gasteiger partial charge in [0.1, 0.15) is 11.4 Å². The van der Waals surface area contributed by atoms with Crippen LogP contribution in [0.5, 0.6) is 5.75 Å². The Morgan fingerprint density at radius 2 is 1.88 bits per heavy atom. The molecule has 0 aliphatic heterocycles. The number of hydrogen-bond acceptors (Lipinski definition) is 4. The maximum atomic E-state index is 12.1. The van der Waals surface area contributed by atoms with E-state index in [1.807, 2.05) is 60.7 Å². The van der Waals surface area contributed by atoms with E-state index >= 15 is 0 Å². The number of nitrogens with zero attached hydrogens (tertiary/aromatic N) is 2. The second kappa shape index (κ2) is 7.88. The number of nitrogens with one attached hydrogen (secondary N) is 1. The number of fused-ring (bicyclic) bond motifs is 1. The van der Waals surface area contributed by atoms with Gasteiger partial charge < -0.3 is 4.74 Å². The number of para-hydroxylation sites is 2. The Hall–Kier alpha value is -3.47. The van der Waals surface area contributed by atoms with Crippen LogP contribution in [0.15, 0.2) is 71.8 Å². The molecule has 0 aliphatic rings. The molecule has 0 atom stereocenters. The number of pyridine rings is 1. The number of carbonyl (C=O) groups excluding carboxylic acids is 1. The molecule has 0 unspecified atom stereocenters. The first-order chi connectivity index (χ1) is 12.3. The van der Waals surface area contributed by atoms with Gasteiger partial charge in [0, 0.05) is 17.2 Å². The molecule has 0 spiro atoms. The quantitative estimate of drug-likeness (QED) is 0.573. The van der Waals surface area contributed by atoms with Crippen LogP contribution < -0.4 is 10.2 Å². The van der Waals surface area contributed by atoms with E-state index in [9.17, 15) is 4.79 Å². The predicted molar refractivity (Wildman–Crippen MR) is 99.7 cm³/mol. The van der Waals surface area contributed by atoms with Gasteiger partial charge in [0.2, 0.25) is 0 Å². The molecule has 1 aromatic heterocycles. The molecule has 0 saturated carbocycles. The maximum absolute atomic E-state index is 12.1. The Labute approximate surface area is 145 Å². The Morgan fingerprint density at radius 3 is 2.76 bits per heavy atom. The van der Waals surface area contributed by atoms with Gasteiger partial charge in [-0.2, -0.15) is 5.10 Å². The summed E-state index contributed by atoms with van der Waals surface area (Å²) in [5.41, 5.74) is 4.49. The Balaban J connectivity index is 1.63. The van der Waals surface area contributed by atoms with Crippen molar-refractivity contribution >= 4 is 29.1 Å². The highest BCUT2D eigenvalue weighted by Crippen LogP contribution is 2.18. The molecule has 0 aliphatic carbocycles. The van der Waals surface area contributed by atoms with Gasteiger partial charge in [-0.1, -0.05) is 42.5 Å². The van der Waals surface area contributed by atoms with Gasteiger partial charge >= 0.3 is 0 Å². The number of allylic oxidation sites excluding steroid dienone is 1. The molecule has 3 aromatic rings. The first kappa shape index (κ1) is 16.4. The third-order valence-electron chi connectivity index (χ3n) is 3.57. The summed E-state index contributed by atoms with van der Waals surface area (Å²) < 4.78 is 5.26. The van der Waals surface area contributed by atoms with Gasteiger partial charge in [-0.3, -0.25) is 4.79 Å². The zero-order chi connectivity index (χ0) is 17.5. The zero-order valence-electron chi connectivity index (χ0n) is 13.7. The van der Waals surface area contributed by atoms with E-state index in [0.717, 1.165) is 22.2 Å². The van der Waals surface area contributed by atoms with Crippen LogP contribution >= 0.6 is 0 Å². The number of methoxy groups -OCH3 is 1. The second-order valence-corrected chi connectivity index (χ2v) is 5.21. The van der Waals surface area contributed by atoms with Crippen molar-refractivity contribution in [1.29, 1.82) is 0 Å². The molecule has 0 bridgehead atoms. The monoisotopic (exact) mass is 331 g/mol. The highest BCUT2D eigenvalue weighted by molar-refractivity contribution is 5.95. The van der Waals surface area contributed by atoms with Crippen molar-refractivity contribution in [3.63, 3.8) is 0 Å². The fourth-order valence-electron chi connectivity index (χ4n) is 2.34. The smallest absolute Gasteiger partial charge is 0.289 e. The van der Waals surface area contributed by atoms with Gasteiger partial charge in [-0.05, 0) is 30.4 Å². The standard InChI is InChI=1S/C20H17N3O2/c1-25-19-11-5-3-8-16(19)9-6-14-21-23-20(24)18-13-12-15-7-2-4-10-17(15)22-18/h2-14H,1H3,(H,23,24)/b9-6+,21-14-. The normalized spacial score (nSPS) is 11.2.